The number of benzene rings is 1. The van der Waals surface area contributed by atoms with Crippen LogP contribution in [0.4, 0.5) is 0 Å². The molecule has 1 amide bonds. The first kappa shape index (κ1) is 18.3. The number of aryl methyl sites for hydroxylation is 2. The molecule has 2 fully saturated rings. The van der Waals surface area contributed by atoms with Crippen LogP contribution >= 0.6 is 0 Å². The molecule has 1 atom stereocenters. The zero-order chi connectivity index (χ0) is 20.1. The Balaban J connectivity index is 1.51. The summed E-state index contributed by atoms with van der Waals surface area (Å²) in [4.78, 5) is 20.5. The lowest BCUT2D eigenvalue weighted by molar-refractivity contribution is 0.0656. The van der Waals surface area contributed by atoms with Crippen LogP contribution in [0, 0.1) is 19.8 Å². The molecule has 0 unspecified atom stereocenters. The smallest absolute Gasteiger partial charge is 0.255 e. The second-order valence-corrected chi connectivity index (χ2v) is 8.86. The van der Waals surface area contributed by atoms with Gasteiger partial charge in [0.1, 0.15) is 0 Å². The minimum atomic E-state index is 0.150. The lowest BCUT2D eigenvalue weighted by Gasteiger charge is -2.30. The number of hydrogen-bond donors (Lipinski definition) is 0. The van der Waals surface area contributed by atoms with E-state index in [-0.39, 0.29) is 5.91 Å². The molecule has 3 aromatic rings. The predicted molar refractivity (Wildman–Crippen MR) is 114 cm³/mol. The van der Waals surface area contributed by atoms with E-state index in [9.17, 15) is 4.79 Å². The van der Waals surface area contributed by atoms with Gasteiger partial charge in [-0.3, -0.25) is 4.79 Å². The minimum Gasteiger partial charge on any atom is -0.333 e. The molecule has 1 aromatic carbocycles. The number of fused-ring (bicyclic) bond motifs is 1. The van der Waals surface area contributed by atoms with Crippen LogP contribution in [0.3, 0.4) is 0 Å². The summed E-state index contributed by atoms with van der Waals surface area (Å²) in [6.07, 6.45) is 6.56. The first-order valence-electron chi connectivity index (χ1n) is 10.7. The second kappa shape index (κ2) is 6.97. The van der Waals surface area contributed by atoms with Crippen molar-refractivity contribution in [3.05, 3.63) is 58.9 Å². The van der Waals surface area contributed by atoms with Gasteiger partial charge in [-0.05, 0) is 64.0 Å². The van der Waals surface area contributed by atoms with Crippen LogP contribution in [0.1, 0.15) is 59.8 Å². The lowest BCUT2D eigenvalue weighted by Crippen LogP contribution is -2.41. The zero-order valence-corrected chi connectivity index (χ0v) is 17.4. The van der Waals surface area contributed by atoms with E-state index in [1.807, 2.05) is 23.9 Å². The topological polar surface area (TPSA) is 51.0 Å². The Kier molecular flexibility index (Phi) is 4.41. The molecule has 0 spiro atoms. The van der Waals surface area contributed by atoms with E-state index in [2.05, 4.69) is 48.1 Å². The molecule has 150 valence electrons. The third-order valence-electron chi connectivity index (χ3n) is 6.34. The summed E-state index contributed by atoms with van der Waals surface area (Å²) in [5.41, 5.74) is 4.83. The van der Waals surface area contributed by atoms with Gasteiger partial charge in [0, 0.05) is 17.8 Å². The highest BCUT2D eigenvalue weighted by molar-refractivity contribution is 6.05. The molecule has 5 heteroatoms. The van der Waals surface area contributed by atoms with Crippen LogP contribution in [-0.2, 0) is 6.54 Å². The molecule has 0 aliphatic heterocycles. The maximum atomic E-state index is 13.6. The fourth-order valence-electron chi connectivity index (χ4n) is 4.31. The van der Waals surface area contributed by atoms with Gasteiger partial charge in [0.2, 0.25) is 0 Å². The molecule has 0 bridgehead atoms. The van der Waals surface area contributed by atoms with Gasteiger partial charge in [-0.25, -0.2) is 9.67 Å². The van der Waals surface area contributed by atoms with Gasteiger partial charge in [0.15, 0.2) is 5.65 Å². The number of pyridine rings is 1. The van der Waals surface area contributed by atoms with Gasteiger partial charge in [-0.1, -0.05) is 29.8 Å². The predicted octanol–water partition coefficient (Wildman–Crippen LogP) is 4.50. The van der Waals surface area contributed by atoms with Gasteiger partial charge in [0.25, 0.3) is 5.91 Å². The number of hydrogen-bond acceptors (Lipinski definition) is 3. The Hall–Kier alpha value is -2.69. The van der Waals surface area contributed by atoms with Crippen molar-refractivity contribution in [1.29, 1.82) is 0 Å². The van der Waals surface area contributed by atoms with Crippen molar-refractivity contribution in [2.45, 2.75) is 65.1 Å². The maximum absolute atomic E-state index is 13.6. The Morgan fingerprint density at radius 2 is 1.90 bits per heavy atom. The van der Waals surface area contributed by atoms with Crippen molar-refractivity contribution in [2.75, 3.05) is 0 Å². The number of amides is 1. The Morgan fingerprint density at radius 1 is 1.17 bits per heavy atom. The van der Waals surface area contributed by atoms with Crippen LogP contribution in [0.2, 0.25) is 0 Å². The molecular weight excluding hydrogens is 360 g/mol. The SMILES string of the molecule is Cc1ccc(Cn2ncc3c(C(=O)N(C4CC4)[C@@H](C)C4CC4)cc(C)nc32)cc1. The standard InChI is InChI=1S/C24H28N4O/c1-15-4-6-18(7-5-15)14-27-23-22(13-25-27)21(12-16(2)26-23)24(29)28(20-10-11-20)17(3)19-8-9-19/h4-7,12-13,17,19-20H,8-11,14H2,1-3H3/t17-/m0/s1. The van der Waals surface area contributed by atoms with E-state index in [4.69, 9.17) is 4.98 Å². The number of rotatable bonds is 6. The molecule has 2 heterocycles. The summed E-state index contributed by atoms with van der Waals surface area (Å²) in [6, 6.07) is 11.1. The highest BCUT2D eigenvalue weighted by atomic mass is 16.2. The molecule has 0 radical (unpaired) electrons. The zero-order valence-electron chi connectivity index (χ0n) is 17.4. The number of nitrogens with zero attached hydrogens (tertiary/aromatic N) is 4. The molecule has 5 rings (SSSR count). The fourth-order valence-corrected chi connectivity index (χ4v) is 4.31. The molecule has 0 saturated heterocycles. The number of carbonyl (C=O) groups excluding carboxylic acids is 1. The van der Waals surface area contributed by atoms with Crippen molar-refractivity contribution in [2.24, 2.45) is 5.92 Å². The van der Waals surface area contributed by atoms with E-state index in [1.165, 1.54) is 24.0 Å². The van der Waals surface area contributed by atoms with E-state index in [1.54, 1.807) is 0 Å². The van der Waals surface area contributed by atoms with Crippen molar-refractivity contribution < 1.29 is 4.79 Å². The van der Waals surface area contributed by atoms with Crippen LogP contribution in [0.15, 0.2) is 36.5 Å². The molecule has 29 heavy (non-hydrogen) atoms. The largest absolute Gasteiger partial charge is 0.333 e. The summed E-state index contributed by atoms with van der Waals surface area (Å²) in [6.45, 7) is 6.92. The number of carbonyl (C=O) groups is 1. The molecule has 5 nitrogen and oxygen atoms in total. The van der Waals surface area contributed by atoms with Gasteiger partial charge < -0.3 is 4.90 Å². The van der Waals surface area contributed by atoms with Crippen LogP contribution < -0.4 is 0 Å². The van der Waals surface area contributed by atoms with Crippen molar-refractivity contribution in [3.8, 4) is 0 Å². The third kappa shape index (κ3) is 3.54. The summed E-state index contributed by atoms with van der Waals surface area (Å²) < 4.78 is 1.91. The van der Waals surface area contributed by atoms with Crippen molar-refractivity contribution in [1.82, 2.24) is 19.7 Å². The summed E-state index contributed by atoms with van der Waals surface area (Å²) in [7, 11) is 0. The van der Waals surface area contributed by atoms with Crippen LogP contribution in [-0.4, -0.2) is 37.7 Å². The van der Waals surface area contributed by atoms with E-state index < -0.39 is 0 Å². The van der Waals surface area contributed by atoms with E-state index in [0.29, 0.717) is 24.5 Å². The van der Waals surface area contributed by atoms with Crippen LogP contribution in [0.5, 0.6) is 0 Å². The molecule has 2 aliphatic rings. The normalized spacial score (nSPS) is 17.5. The highest BCUT2D eigenvalue weighted by Gasteiger charge is 2.42. The Labute approximate surface area is 171 Å². The molecule has 2 aromatic heterocycles. The lowest BCUT2D eigenvalue weighted by atomic mass is 10.1. The summed E-state index contributed by atoms with van der Waals surface area (Å²) >= 11 is 0. The molecule has 2 saturated carbocycles. The van der Waals surface area contributed by atoms with Gasteiger partial charge in [0.05, 0.1) is 23.7 Å². The van der Waals surface area contributed by atoms with Crippen LogP contribution in [0.25, 0.3) is 11.0 Å². The van der Waals surface area contributed by atoms with Gasteiger partial charge in [-0.2, -0.15) is 5.10 Å². The van der Waals surface area contributed by atoms with Gasteiger partial charge in [-0.15, -0.1) is 0 Å². The average Bonchev–Trinajstić information content (AvgIpc) is 3.62. The van der Waals surface area contributed by atoms with Crippen molar-refractivity contribution >= 4 is 16.9 Å². The average molecular weight is 389 g/mol. The van der Waals surface area contributed by atoms with E-state index in [0.717, 1.165) is 35.1 Å². The monoisotopic (exact) mass is 388 g/mol. The van der Waals surface area contributed by atoms with E-state index >= 15 is 0 Å². The second-order valence-electron chi connectivity index (χ2n) is 8.86. The first-order chi connectivity index (χ1) is 14.0. The summed E-state index contributed by atoms with van der Waals surface area (Å²) in [5, 5.41) is 5.46. The Bertz CT molecular complexity index is 1060. The molecule has 0 N–H and O–H groups in total. The Morgan fingerprint density at radius 3 is 2.55 bits per heavy atom. The summed E-state index contributed by atoms with van der Waals surface area (Å²) in [5.74, 6) is 0.819. The molecule has 2 aliphatic carbocycles. The first-order valence-corrected chi connectivity index (χ1v) is 10.7. The highest BCUT2D eigenvalue weighted by Crippen LogP contribution is 2.40. The van der Waals surface area contributed by atoms with Gasteiger partial charge >= 0.3 is 0 Å². The van der Waals surface area contributed by atoms with Crippen molar-refractivity contribution in [3.63, 3.8) is 0 Å². The quantitative estimate of drug-likeness (QED) is 0.625. The maximum Gasteiger partial charge on any atom is 0.255 e. The fraction of sp³-hybridized carbons (Fsp3) is 0.458. The third-order valence-corrected chi connectivity index (χ3v) is 6.34. The number of aromatic nitrogens is 3. The minimum absolute atomic E-state index is 0.150. The molecular formula is C24H28N4O.